The van der Waals surface area contributed by atoms with Crippen molar-refractivity contribution in [2.45, 2.75) is 37.6 Å². The molecule has 5 rings (SSSR count). The zero-order valence-corrected chi connectivity index (χ0v) is 17.3. The number of Topliss-reactive ketones (excluding diaryl/α,β-unsaturated/α-hetero) is 1. The van der Waals surface area contributed by atoms with Crippen LogP contribution in [0.1, 0.15) is 24.8 Å². The van der Waals surface area contributed by atoms with Crippen molar-refractivity contribution >= 4 is 17.7 Å². The van der Waals surface area contributed by atoms with E-state index in [0.29, 0.717) is 38.0 Å². The van der Waals surface area contributed by atoms with E-state index in [9.17, 15) is 28.3 Å². The molecule has 0 saturated carbocycles. The number of carbonyl (C=O) groups excluding carboxylic acids is 3. The molecule has 8 nitrogen and oxygen atoms in total. The van der Waals surface area contributed by atoms with Crippen LogP contribution < -0.4 is 10.6 Å². The number of nitrogens with zero attached hydrogens (tertiary/aromatic N) is 2. The molecule has 10 heteroatoms. The number of amides is 3. The lowest BCUT2D eigenvalue weighted by molar-refractivity contribution is -0.938. The monoisotopic (exact) mass is 446 g/mol. The van der Waals surface area contributed by atoms with Crippen LogP contribution in [0, 0.1) is 11.6 Å². The normalized spacial score (nSPS) is 35.6. The van der Waals surface area contributed by atoms with Crippen LogP contribution >= 0.6 is 0 Å². The van der Waals surface area contributed by atoms with Gasteiger partial charge >= 0.3 is 17.6 Å². The summed E-state index contributed by atoms with van der Waals surface area (Å²) >= 11 is 0. The maximum atomic E-state index is 14.1. The minimum absolute atomic E-state index is 0.0183. The van der Waals surface area contributed by atoms with Gasteiger partial charge in [-0.15, -0.1) is 4.48 Å². The van der Waals surface area contributed by atoms with Crippen LogP contribution in [0.15, 0.2) is 42.4 Å². The first-order chi connectivity index (χ1) is 15.3. The average molecular weight is 446 g/mol. The van der Waals surface area contributed by atoms with Crippen molar-refractivity contribution < 1.29 is 37.2 Å². The molecule has 32 heavy (non-hydrogen) atoms. The summed E-state index contributed by atoms with van der Waals surface area (Å²) < 4.78 is 26.4. The first-order valence-corrected chi connectivity index (χ1v) is 10.7. The molecule has 2 fully saturated rings. The number of aliphatic hydroxyl groups is 1. The van der Waals surface area contributed by atoms with E-state index in [1.807, 2.05) is 0 Å². The van der Waals surface area contributed by atoms with Gasteiger partial charge in [0.1, 0.15) is 24.4 Å². The zero-order valence-electron chi connectivity index (χ0n) is 17.3. The van der Waals surface area contributed by atoms with Gasteiger partial charge in [-0.3, -0.25) is 9.28 Å². The Kier molecular flexibility index (Phi) is 4.68. The molecule has 4 aliphatic heterocycles. The van der Waals surface area contributed by atoms with E-state index in [1.54, 1.807) is 12.3 Å². The molecular formula is C22H24F2N4O4+2. The Bertz CT molecular complexity index is 1110. The molecule has 0 aliphatic carbocycles. The van der Waals surface area contributed by atoms with E-state index in [-0.39, 0.29) is 23.1 Å². The van der Waals surface area contributed by atoms with Gasteiger partial charge < -0.3 is 10.4 Å². The molecule has 4 heterocycles. The summed E-state index contributed by atoms with van der Waals surface area (Å²) in [5, 5.41) is 16.6. The molecule has 1 aromatic rings. The lowest BCUT2D eigenvalue weighted by Gasteiger charge is -2.53. The molecule has 0 radical (unpaired) electrons. The molecule has 4 aliphatic rings. The third-order valence-corrected chi connectivity index (χ3v) is 7.13. The molecule has 3 N–H and O–H groups in total. The maximum Gasteiger partial charge on any atom is 0.434 e. The van der Waals surface area contributed by atoms with E-state index >= 15 is 0 Å². The predicted octanol–water partition coefficient (Wildman–Crippen LogP) is 1.13. The van der Waals surface area contributed by atoms with Gasteiger partial charge in [0.2, 0.25) is 11.9 Å². The molecule has 0 aromatic heterocycles. The van der Waals surface area contributed by atoms with E-state index in [2.05, 4.69) is 10.6 Å². The highest BCUT2D eigenvalue weighted by atomic mass is 19.1. The van der Waals surface area contributed by atoms with Crippen molar-refractivity contribution in [3.05, 3.63) is 59.6 Å². The average Bonchev–Trinajstić information content (AvgIpc) is 3.00. The van der Waals surface area contributed by atoms with Crippen LogP contribution in [0.25, 0.3) is 0 Å². The second-order valence-corrected chi connectivity index (χ2v) is 8.80. The van der Waals surface area contributed by atoms with Gasteiger partial charge in [-0.05, 0) is 18.6 Å². The second-order valence-electron chi connectivity index (χ2n) is 8.80. The molecular weight excluding hydrogens is 422 g/mol. The highest BCUT2D eigenvalue weighted by molar-refractivity contribution is 6.00. The van der Waals surface area contributed by atoms with E-state index in [4.69, 9.17) is 0 Å². The van der Waals surface area contributed by atoms with E-state index < -0.39 is 45.6 Å². The molecule has 168 valence electrons. The smallest absolute Gasteiger partial charge is 0.377 e. The molecule has 3 amide bonds. The number of benzene rings is 1. The molecule has 4 unspecified atom stereocenters. The van der Waals surface area contributed by atoms with Crippen molar-refractivity contribution in [3.63, 3.8) is 0 Å². The topological polar surface area (TPSA) is 95.5 Å². The van der Waals surface area contributed by atoms with Gasteiger partial charge in [-0.1, -0.05) is 6.07 Å². The summed E-state index contributed by atoms with van der Waals surface area (Å²) in [6.07, 6.45) is 5.17. The molecule has 2 saturated heterocycles. The number of aliphatic hydroxyl groups excluding tert-OH is 1. The van der Waals surface area contributed by atoms with E-state index in [1.165, 1.54) is 12.3 Å². The number of nitrogens with one attached hydrogen (secondary N) is 2. The van der Waals surface area contributed by atoms with Gasteiger partial charge in [0.15, 0.2) is 11.9 Å². The van der Waals surface area contributed by atoms with Gasteiger partial charge in [-0.2, -0.15) is 0 Å². The summed E-state index contributed by atoms with van der Waals surface area (Å²) in [5.74, 6) is -2.60. The number of halogens is 2. The Morgan fingerprint density at radius 3 is 2.91 bits per heavy atom. The van der Waals surface area contributed by atoms with Crippen LogP contribution in [0.5, 0.6) is 0 Å². The number of hydrogen-bond donors (Lipinski definition) is 3. The fraction of sp³-hybridized carbons (Fsp3) is 0.409. The number of rotatable bonds is 2. The fourth-order valence-corrected chi connectivity index (χ4v) is 5.61. The van der Waals surface area contributed by atoms with Crippen molar-refractivity contribution in [3.8, 4) is 0 Å². The molecule has 0 spiro atoms. The van der Waals surface area contributed by atoms with Gasteiger partial charge in [0.05, 0.1) is 13.1 Å². The molecule has 4 atom stereocenters. The minimum Gasteiger partial charge on any atom is -0.377 e. The zero-order chi connectivity index (χ0) is 22.7. The summed E-state index contributed by atoms with van der Waals surface area (Å²) in [5.41, 5.74) is -1.06. The highest BCUT2D eigenvalue weighted by Crippen LogP contribution is 2.48. The fourth-order valence-electron chi connectivity index (χ4n) is 5.61. The second kappa shape index (κ2) is 7.11. The molecule has 1 aromatic carbocycles. The third-order valence-electron chi connectivity index (χ3n) is 7.13. The number of fused-ring (bicyclic) bond motifs is 1. The van der Waals surface area contributed by atoms with Gasteiger partial charge in [0.25, 0.3) is 0 Å². The number of hydrogen-bond acceptors (Lipinski definition) is 5. The number of quaternary nitrogens is 2. The number of ketones is 1. The number of imide groups is 1. The first kappa shape index (κ1) is 21.1. The summed E-state index contributed by atoms with van der Waals surface area (Å²) in [4.78, 5) is 40.3. The van der Waals surface area contributed by atoms with Gasteiger partial charge in [0, 0.05) is 31.0 Å². The maximum absolute atomic E-state index is 14.1. The molecule has 0 bridgehead atoms. The summed E-state index contributed by atoms with van der Waals surface area (Å²) in [6, 6.07) is 2.33. The quantitative estimate of drug-likeness (QED) is 0.592. The Labute approximate surface area is 183 Å². The van der Waals surface area contributed by atoms with Crippen molar-refractivity contribution in [2.24, 2.45) is 0 Å². The van der Waals surface area contributed by atoms with Crippen LogP contribution in [0.2, 0.25) is 0 Å². The first-order valence-electron chi connectivity index (χ1n) is 10.7. The third kappa shape index (κ3) is 2.57. The highest BCUT2D eigenvalue weighted by Gasteiger charge is 2.79. The Morgan fingerprint density at radius 2 is 2.12 bits per heavy atom. The lowest BCUT2D eigenvalue weighted by atomic mass is 9.90. The number of carbonyl (C=O) groups is 3. The van der Waals surface area contributed by atoms with Crippen LogP contribution in [-0.4, -0.2) is 63.2 Å². The summed E-state index contributed by atoms with van der Waals surface area (Å²) in [7, 11) is 0. The van der Waals surface area contributed by atoms with Crippen molar-refractivity contribution in [1.29, 1.82) is 0 Å². The van der Waals surface area contributed by atoms with Crippen LogP contribution in [0.3, 0.4) is 0 Å². The SMILES string of the molecule is O=C1C[N+]23C=C4CCC=C[N+]4(C(=O)NCc4ccc(F)cc4F)C(=O)C2(NCCC3)C1O. The van der Waals surface area contributed by atoms with Gasteiger partial charge in [-0.25, -0.2) is 23.7 Å². The largest absolute Gasteiger partial charge is 0.434 e. The minimum atomic E-state index is -1.65. The number of urea groups is 1. The van der Waals surface area contributed by atoms with Crippen molar-refractivity contribution in [2.75, 3.05) is 19.6 Å². The van der Waals surface area contributed by atoms with Crippen LogP contribution in [0.4, 0.5) is 13.6 Å². The number of allylic oxidation sites excluding steroid dienone is 2. The van der Waals surface area contributed by atoms with E-state index in [0.717, 1.165) is 12.1 Å². The predicted molar refractivity (Wildman–Crippen MR) is 107 cm³/mol. The van der Waals surface area contributed by atoms with Crippen molar-refractivity contribution in [1.82, 2.24) is 10.6 Å². The summed E-state index contributed by atoms with van der Waals surface area (Å²) in [6.45, 7) is 0.652. The Balaban J connectivity index is 1.57. The Morgan fingerprint density at radius 1 is 1.31 bits per heavy atom. The Hall–Kier alpha value is -2.79. The standard InChI is InChI=1S/C22H23F2N4O4/c23-15-6-5-14(17(24)10-15)11-25-21(32)28-9-2-1-4-16(28)12-27-8-3-7-26-22(27,20(28)31)19(30)18(29)13-27/h2,5-6,9-10,12,19,26,30H,1,3-4,7-8,11,13H2/q+1/p+1. The van der Waals surface area contributed by atoms with Crippen LogP contribution in [-0.2, 0) is 16.1 Å². The lowest BCUT2D eigenvalue weighted by Crippen LogP contribution is -2.83.